The molecule has 0 radical (unpaired) electrons. The molecule has 2 aromatic rings. The lowest BCUT2D eigenvalue weighted by molar-refractivity contribution is 0.0697. The Bertz CT molecular complexity index is 948. The SMILES string of the molecule is CC1CCN(C(=O)c2cc(NC(=O)c3ccccc3Br)ccc2N2CCCCC2)CC1. The van der Waals surface area contributed by atoms with Crippen molar-refractivity contribution in [2.45, 2.75) is 39.0 Å². The number of nitrogens with one attached hydrogen (secondary N) is 1. The fourth-order valence-electron chi connectivity index (χ4n) is 4.42. The Morgan fingerprint density at radius 3 is 2.35 bits per heavy atom. The van der Waals surface area contributed by atoms with Gasteiger partial charge in [0.2, 0.25) is 0 Å². The minimum Gasteiger partial charge on any atom is -0.371 e. The fraction of sp³-hybridized carbons (Fsp3) is 0.440. The van der Waals surface area contributed by atoms with E-state index in [1.165, 1.54) is 6.42 Å². The molecule has 0 unspecified atom stereocenters. The quantitative estimate of drug-likeness (QED) is 0.618. The van der Waals surface area contributed by atoms with E-state index >= 15 is 0 Å². The summed E-state index contributed by atoms with van der Waals surface area (Å²) in [5.41, 5.74) is 2.90. The molecule has 4 rings (SSSR count). The molecule has 0 atom stereocenters. The molecule has 2 heterocycles. The van der Waals surface area contributed by atoms with Crippen LogP contribution in [0.3, 0.4) is 0 Å². The Labute approximate surface area is 192 Å². The highest BCUT2D eigenvalue weighted by molar-refractivity contribution is 9.10. The summed E-state index contributed by atoms with van der Waals surface area (Å²) in [4.78, 5) is 30.6. The van der Waals surface area contributed by atoms with E-state index in [1.807, 2.05) is 41.3 Å². The van der Waals surface area contributed by atoms with E-state index in [9.17, 15) is 9.59 Å². The second-order valence-corrected chi connectivity index (χ2v) is 9.54. The Hall–Kier alpha value is -2.34. The zero-order chi connectivity index (χ0) is 21.8. The minimum atomic E-state index is -0.191. The van der Waals surface area contributed by atoms with Crippen LogP contribution in [0.25, 0.3) is 0 Å². The molecule has 2 aliphatic heterocycles. The summed E-state index contributed by atoms with van der Waals surface area (Å²) in [7, 11) is 0. The van der Waals surface area contributed by atoms with E-state index < -0.39 is 0 Å². The van der Waals surface area contributed by atoms with Crippen molar-refractivity contribution in [2.24, 2.45) is 5.92 Å². The molecule has 1 N–H and O–H groups in total. The van der Waals surface area contributed by atoms with Crippen LogP contribution >= 0.6 is 15.9 Å². The number of halogens is 1. The van der Waals surface area contributed by atoms with Crippen molar-refractivity contribution in [1.29, 1.82) is 0 Å². The lowest BCUT2D eigenvalue weighted by Crippen LogP contribution is -2.39. The van der Waals surface area contributed by atoms with Crippen molar-refractivity contribution >= 4 is 39.1 Å². The van der Waals surface area contributed by atoms with Gasteiger partial charge in [-0.1, -0.05) is 19.1 Å². The molecule has 0 spiro atoms. The Kier molecular flexibility index (Phi) is 6.96. The molecular weight excluding hydrogens is 454 g/mol. The predicted molar refractivity (Wildman–Crippen MR) is 129 cm³/mol. The lowest BCUT2D eigenvalue weighted by atomic mass is 9.98. The van der Waals surface area contributed by atoms with Gasteiger partial charge in [0, 0.05) is 42.0 Å². The van der Waals surface area contributed by atoms with E-state index in [2.05, 4.69) is 33.1 Å². The van der Waals surface area contributed by atoms with Crippen LogP contribution in [-0.2, 0) is 0 Å². The first-order chi connectivity index (χ1) is 15.0. The predicted octanol–water partition coefficient (Wildman–Crippen LogP) is 5.56. The van der Waals surface area contributed by atoms with E-state index in [-0.39, 0.29) is 11.8 Å². The average molecular weight is 484 g/mol. The summed E-state index contributed by atoms with van der Waals surface area (Å²) in [5.74, 6) is 0.549. The summed E-state index contributed by atoms with van der Waals surface area (Å²) >= 11 is 3.44. The normalized spacial score (nSPS) is 17.5. The van der Waals surface area contributed by atoms with Crippen LogP contribution in [0, 0.1) is 5.92 Å². The van der Waals surface area contributed by atoms with Gasteiger partial charge in [-0.2, -0.15) is 0 Å². The van der Waals surface area contributed by atoms with Crippen LogP contribution in [0.5, 0.6) is 0 Å². The van der Waals surface area contributed by atoms with Crippen LogP contribution in [-0.4, -0.2) is 42.9 Å². The highest BCUT2D eigenvalue weighted by Gasteiger charge is 2.26. The molecule has 0 aliphatic carbocycles. The minimum absolute atomic E-state index is 0.0736. The zero-order valence-electron chi connectivity index (χ0n) is 18.1. The number of rotatable bonds is 4. The molecule has 6 heteroatoms. The van der Waals surface area contributed by atoms with Crippen LogP contribution in [0.15, 0.2) is 46.9 Å². The van der Waals surface area contributed by atoms with Gasteiger partial charge in [-0.25, -0.2) is 0 Å². The summed E-state index contributed by atoms with van der Waals surface area (Å²) in [6.45, 7) is 5.79. The molecule has 0 aromatic heterocycles. The Morgan fingerprint density at radius 2 is 1.65 bits per heavy atom. The average Bonchev–Trinajstić information content (AvgIpc) is 2.80. The molecule has 2 amide bonds. The maximum atomic E-state index is 13.5. The number of carbonyl (C=O) groups excluding carboxylic acids is 2. The lowest BCUT2D eigenvalue weighted by Gasteiger charge is -2.34. The first-order valence-electron chi connectivity index (χ1n) is 11.3. The van der Waals surface area contributed by atoms with E-state index in [0.29, 0.717) is 22.7 Å². The van der Waals surface area contributed by atoms with Gasteiger partial charge in [0.25, 0.3) is 11.8 Å². The van der Waals surface area contributed by atoms with Crippen LogP contribution < -0.4 is 10.2 Å². The number of carbonyl (C=O) groups is 2. The first-order valence-corrected chi connectivity index (χ1v) is 12.1. The van der Waals surface area contributed by atoms with Gasteiger partial charge < -0.3 is 15.1 Å². The largest absolute Gasteiger partial charge is 0.371 e. The number of hydrogen-bond donors (Lipinski definition) is 1. The maximum absolute atomic E-state index is 13.5. The van der Waals surface area contributed by atoms with Gasteiger partial charge in [-0.05, 0) is 84.3 Å². The highest BCUT2D eigenvalue weighted by Crippen LogP contribution is 2.30. The third-order valence-corrected chi connectivity index (χ3v) is 7.06. The molecule has 164 valence electrons. The fourth-order valence-corrected chi connectivity index (χ4v) is 4.89. The van der Waals surface area contributed by atoms with Crippen molar-refractivity contribution in [1.82, 2.24) is 4.90 Å². The molecule has 2 fully saturated rings. The van der Waals surface area contributed by atoms with Crippen LogP contribution in [0.1, 0.15) is 59.7 Å². The molecular formula is C25H30BrN3O2. The van der Waals surface area contributed by atoms with Gasteiger partial charge in [-0.15, -0.1) is 0 Å². The summed E-state index contributed by atoms with van der Waals surface area (Å²) in [5, 5.41) is 2.98. The maximum Gasteiger partial charge on any atom is 0.256 e. The summed E-state index contributed by atoms with van der Waals surface area (Å²) < 4.78 is 0.746. The van der Waals surface area contributed by atoms with Gasteiger partial charge in [-0.3, -0.25) is 9.59 Å². The molecule has 0 saturated carbocycles. The van der Waals surface area contributed by atoms with E-state index in [4.69, 9.17) is 0 Å². The Balaban J connectivity index is 1.62. The second kappa shape index (κ2) is 9.86. The van der Waals surface area contributed by atoms with Crippen molar-refractivity contribution < 1.29 is 9.59 Å². The summed E-state index contributed by atoms with van der Waals surface area (Å²) in [6.07, 6.45) is 5.63. The number of benzene rings is 2. The van der Waals surface area contributed by atoms with Crippen molar-refractivity contribution in [3.63, 3.8) is 0 Å². The van der Waals surface area contributed by atoms with Crippen LogP contribution in [0.4, 0.5) is 11.4 Å². The molecule has 2 aliphatic rings. The smallest absolute Gasteiger partial charge is 0.256 e. The number of amides is 2. The monoisotopic (exact) mass is 483 g/mol. The van der Waals surface area contributed by atoms with Crippen molar-refractivity contribution in [2.75, 3.05) is 36.4 Å². The van der Waals surface area contributed by atoms with Crippen LogP contribution in [0.2, 0.25) is 0 Å². The van der Waals surface area contributed by atoms with Crippen molar-refractivity contribution in [3.05, 3.63) is 58.1 Å². The number of piperidine rings is 2. The van der Waals surface area contributed by atoms with Gasteiger partial charge in [0.1, 0.15) is 0 Å². The number of likely N-dealkylation sites (tertiary alicyclic amines) is 1. The van der Waals surface area contributed by atoms with Gasteiger partial charge in [0.05, 0.1) is 11.1 Å². The highest BCUT2D eigenvalue weighted by atomic mass is 79.9. The number of anilines is 2. The number of nitrogens with zero attached hydrogens (tertiary/aromatic N) is 2. The third-order valence-electron chi connectivity index (χ3n) is 6.37. The van der Waals surface area contributed by atoms with Crippen molar-refractivity contribution in [3.8, 4) is 0 Å². The third kappa shape index (κ3) is 5.12. The van der Waals surface area contributed by atoms with E-state index in [1.54, 1.807) is 6.07 Å². The standard InChI is InChI=1S/C25H30BrN3O2/c1-18-11-15-29(16-12-18)25(31)21-17-19(9-10-23(21)28-13-5-2-6-14-28)27-24(30)20-7-3-4-8-22(20)26/h3-4,7-10,17-18H,2,5-6,11-16H2,1H3,(H,27,30). The zero-order valence-corrected chi connectivity index (χ0v) is 19.7. The first kappa shape index (κ1) is 21.9. The Morgan fingerprint density at radius 1 is 0.935 bits per heavy atom. The molecule has 2 aromatic carbocycles. The summed E-state index contributed by atoms with van der Waals surface area (Å²) in [6, 6.07) is 13.1. The molecule has 31 heavy (non-hydrogen) atoms. The van der Waals surface area contributed by atoms with Gasteiger partial charge in [0.15, 0.2) is 0 Å². The topological polar surface area (TPSA) is 52.7 Å². The van der Waals surface area contributed by atoms with Gasteiger partial charge >= 0.3 is 0 Å². The second-order valence-electron chi connectivity index (χ2n) is 8.69. The molecule has 5 nitrogen and oxygen atoms in total. The molecule has 2 saturated heterocycles. The molecule has 0 bridgehead atoms. The number of hydrogen-bond acceptors (Lipinski definition) is 3. The van der Waals surface area contributed by atoms with E-state index in [0.717, 1.165) is 62.0 Å².